The lowest BCUT2D eigenvalue weighted by Crippen LogP contribution is -2.39. The van der Waals surface area contributed by atoms with Crippen molar-refractivity contribution in [1.29, 1.82) is 0 Å². The van der Waals surface area contributed by atoms with Crippen LogP contribution in [0.3, 0.4) is 0 Å². The Morgan fingerprint density at radius 1 is 0.735 bits per heavy atom. The van der Waals surface area contributed by atoms with Gasteiger partial charge in [-0.25, -0.2) is 9.78 Å². The number of fused-ring (bicyclic) bond motifs is 1. The fraction of sp³-hybridized carbons (Fsp3) is 0.220. The topological polar surface area (TPSA) is 97.6 Å². The Bertz CT molecular complexity index is 2010. The van der Waals surface area contributed by atoms with E-state index in [9.17, 15) is 9.90 Å². The van der Waals surface area contributed by atoms with E-state index in [2.05, 4.69) is 57.4 Å². The van der Waals surface area contributed by atoms with Crippen molar-refractivity contribution in [3.05, 3.63) is 162 Å². The molecule has 0 radical (unpaired) electrons. The van der Waals surface area contributed by atoms with E-state index in [0.717, 1.165) is 50.0 Å². The van der Waals surface area contributed by atoms with Gasteiger partial charge in [-0.1, -0.05) is 110 Å². The van der Waals surface area contributed by atoms with Gasteiger partial charge in [0.15, 0.2) is 6.29 Å². The highest BCUT2D eigenvalue weighted by Crippen LogP contribution is 2.43. The van der Waals surface area contributed by atoms with Crippen molar-refractivity contribution in [2.24, 2.45) is 5.92 Å². The average Bonchev–Trinajstić information content (AvgIpc) is 3.57. The zero-order valence-corrected chi connectivity index (χ0v) is 27.4. The van der Waals surface area contributed by atoms with Crippen LogP contribution in [0.2, 0.25) is 0 Å². The average molecular weight is 653 g/mol. The predicted octanol–water partition coefficient (Wildman–Crippen LogP) is 7.69. The van der Waals surface area contributed by atoms with Crippen molar-refractivity contribution >= 4 is 17.1 Å². The van der Waals surface area contributed by atoms with Gasteiger partial charge in [0.2, 0.25) is 0 Å². The lowest BCUT2D eigenvalue weighted by Gasteiger charge is -2.41. The minimum absolute atomic E-state index is 0.00503. The minimum Gasteiger partial charge on any atom is -0.392 e. The normalized spacial score (nSPS) is 19.1. The van der Waals surface area contributed by atoms with Crippen LogP contribution in [0.1, 0.15) is 47.1 Å². The SMILES string of the molecule is C[C@@H]1[C@H](Cn2cnc3ccccc32)O[C@H](c2cccc(-c3cccc(CNC(=O)NCc4ccccc4)c3)c2)O[C@@H]1c1ccc(CO)cc1. The second-order valence-corrected chi connectivity index (χ2v) is 12.6. The van der Waals surface area contributed by atoms with Crippen molar-refractivity contribution in [2.75, 3.05) is 0 Å². The van der Waals surface area contributed by atoms with Gasteiger partial charge in [-0.2, -0.15) is 0 Å². The van der Waals surface area contributed by atoms with Gasteiger partial charge in [-0.3, -0.25) is 0 Å². The number of nitrogens with zero attached hydrogens (tertiary/aromatic N) is 2. The van der Waals surface area contributed by atoms with Crippen molar-refractivity contribution in [3.63, 3.8) is 0 Å². The van der Waals surface area contributed by atoms with E-state index >= 15 is 0 Å². The standard InChI is InChI=1S/C41H40N4O4/c1-28-38(25-45-27-44-36-15-5-6-16-37(36)45)48-40(49-39(28)32-19-17-30(26-46)18-20-32)35-14-8-13-34(22-35)33-12-7-11-31(21-33)24-43-41(47)42-23-29-9-3-2-4-10-29/h2-22,27-28,38-40,46H,23-26H2,1H3,(H2,42,43,47)/t28-,38+,39+,40+/m1/s1. The molecule has 49 heavy (non-hydrogen) atoms. The number of aromatic nitrogens is 2. The number of ether oxygens (including phenoxy) is 2. The lowest BCUT2D eigenvalue weighted by molar-refractivity contribution is -0.276. The molecule has 0 unspecified atom stereocenters. The monoisotopic (exact) mass is 652 g/mol. The van der Waals surface area contributed by atoms with Crippen LogP contribution in [-0.2, 0) is 35.7 Å². The number of nitrogens with one attached hydrogen (secondary N) is 2. The number of amides is 2. The first-order chi connectivity index (χ1) is 24.0. The number of aliphatic hydroxyl groups is 1. The summed E-state index contributed by atoms with van der Waals surface area (Å²) in [5.74, 6) is 0.0367. The van der Waals surface area contributed by atoms with Crippen LogP contribution in [0.25, 0.3) is 22.2 Å². The zero-order chi connectivity index (χ0) is 33.6. The maximum Gasteiger partial charge on any atom is 0.315 e. The third-order valence-corrected chi connectivity index (χ3v) is 9.20. The Kier molecular flexibility index (Phi) is 9.79. The Labute approximate surface area is 286 Å². The van der Waals surface area contributed by atoms with E-state index in [-0.39, 0.29) is 30.8 Å². The highest BCUT2D eigenvalue weighted by Gasteiger charge is 2.38. The lowest BCUT2D eigenvalue weighted by atomic mass is 9.90. The molecule has 248 valence electrons. The van der Waals surface area contributed by atoms with E-state index in [1.807, 2.05) is 103 Å². The quantitative estimate of drug-likeness (QED) is 0.141. The molecule has 0 spiro atoms. The molecule has 2 amide bonds. The van der Waals surface area contributed by atoms with Gasteiger partial charge < -0.3 is 29.8 Å². The summed E-state index contributed by atoms with van der Waals surface area (Å²) in [6, 6.07) is 42.2. The Morgan fingerprint density at radius 3 is 2.22 bits per heavy atom. The number of carbonyl (C=O) groups excluding carboxylic acids is 1. The first-order valence-corrected chi connectivity index (χ1v) is 16.7. The van der Waals surface area contributed by atoms with Crippen molar-refractivity contribution in [2.45, 2.75) is 51.7 Å². The number of carbonyl (C=O) groups is 1. The number of aliphatic hydroxyl groups excluding tert-OH is 1. The molecule has 5 aromatic carbocycles. The molecule has 8 heteroatoms. The molecule has 6 aromatic rings. The fourth-order valence-corrected chi connectivity index (χ4v) is 6.43. The van der Waals surface area contributed by atoms with Gasteiger partial charge in [-0.05, 0) is 57.6 Å². The number of rotatable bonds is 10. The van der Waals surface area contributed by atoms with E-state index in [4.69, 9.17) is 9.47 Å². The van der Waals surface area contributed by atoms with Gasteiger partial charge in [-0.15, -0.1) is 0 Å². The summed E-state index contributed by atoms with van der Waals surface area (Å²) in [6.45, 7) is 3.66. The molecule has 8 nitrogen and oxygen atoms in total. The minimum atomic E-state index is -0.600. The fourth-order valence-electron chi connectivity index (χ4n) is 6.43. The van der Waals surface area contributed by atoms with Gasteiger partial charge >= 0.3 is 6.03 Å². The summed E-state index contributed by atoms with van der Waals surface area (Å²) in [7, 11) is 0. The van der Waals surface area contributed by atoms with Crippen LogP contribution in [0.4, 0.5) is 4.79 Å². The molecule has 2 heterocycles. The molecule has 1 aliphatic heterocycles. The molecule has 1 aliphatic rings. The van der Waals surface area contributed by atoms with Crippen LogP contribution < -0.4 is 10.6 Å². The highest BCUT2D eigenvalue weighted by molar-refractivity contribution is 5.75. The number of benzene rings is 5. The van der Waals surface area contributed by atoms with Crippen LogP contribution in [0.15, 0.2) is 134 Å². The molecule has 1 fully saturated rings. The van der Waals surface area contributed by atoms with Crippen LogP contribution in [0, 0.1) is 5.92 Å². The van der Waals surface area contributed by atoms with E-state index in [1.54, 1.807) is 0 Å². The number of urea groups is 1. The molecule has 1 saturated heterocycles. The summed E-state index contributed by atoms with van der Waals surface area (Å²) in [5, 5.41) is 15.5. The molecule has 1 aromatic heterocycles. The third kappa shape index (κ3) is 7.57. The molecule has 0 saturated carbocycles. The third-order valence-electron chi connectivity index (χ3n) is 9.20. The number of para-hydroxylation sites is 2. The Hall–Kier alpha value is -5.28. The first kappa shape index (κ1) is 32.3. The van der Waals surface area contributed by atoms with Crippen molar-refractivity contribution < 1.29 is 19.4 Å². The molecule has 3 N–H and O–H groups in total. The Balaban J connectivity index is 1.10. The maximum absolute atomic E-state index is 12.5. The summed E-state index contributed by atoms with van der Waals surface area (Å²) < 4.78 is 15.7. The molecular weight excluding hydrogens is 612 g/mol. The molecule has 7 rings (SSSR count). The largest absolute Gasteiger partial charge is 0.392 e. The summed E-state index contributed by atoms with van der Waals surface area (Å²) >= 11 is 0. The molecule has 0 bridgehead atoms. The second kappa shape index (κ2) is 14.9. The van der Waals surface area contributed by atoms with Crippen LogP contribution >= 0.6 is 0 Å². The van der Waals surface area contributed by atoms with Crippen molar-refractivity contribution in [1.82, 2.24) is 20.2 Å². The van der Waals surface area contributed by atoms with Gasteiger partial charge in [0, 0.05) is 24.6 Å². The Morgan fingerprint density at radius 2 is 1.43 bits per heavy atom. The first-order valence-electron chi connectivity index (χ1n) is 16.7. The van der Waals surface area contributed by atoms with Gasteiger partial charge in [0.25, 0.3) is 0 Å². The predicted molar refractivity (Wildman–Crippen MR) is 190 cm³/mol. The zero-order valence-electron chi connectivity index (χ0n) is 27.4. The van der Waals surface area contributed by atoms with Crippen LogP contribution in [0.5, 0.6) is 0 Å². The number of imidazole rings is 1. The van der Waals surface area contributed by atoms with Gasteiger partial charge in [0.1, 0.15) is 0 Å². The molecule has 0 aliphatic carbocycles. The van der Waals surface area contributed by atoms with Gasteiger partial charge in [0.05, 0.1) is 42.7 Å². The molecular formula is C41H40N4O4. The number of hydrogen-bond donors (Lipinski definition) is 3. The smallest absolute Gasteiger partial charge is 0.315 e. The summed E-state index contributed by atoms with van der Waals surface area (Å²) in [5.41, 5.74) is 8.95. The van der Waals surface area contributed by atoms with E-state index < -0.39 is 6.29 Å². The summed E-state index contributed by atoms with van der Waals surface area (Å²) in [6.07, 6.45) is 0.894. The molecule has 4 atom stereocenters. The van der Waals surface area contributed by atoms with E-state index in [1.165, 1.54) is 0 Å². The van der Waals surface area contributed by atoms with Crippen molar-refractivity contribution in [3.8, 4) is 11.1 Å². The summed E-state index contributed by atoms with van der Waals surface area (Å²) in [4.78, 5) is 17.1. The maximum atomic E-state index is 12.5. The highest BCUT2D eigenvalue weighted by atomic mass is 16.7. The van der Waals surface area contributed by atoms with E-state index in [0.29, 0.717) is 19.6 Å². The number of hydrogen-bond acceptors (Lipinski definition) is 5. The second-order valence-electron chi connectivity index (χ2n) is 12.6. The van der Waals surface area contributed by atoms with Crippen LogP contribution in [-0.4, -0.2) is 26.8 Å².